The summed E-state index contributed by atoms with van der Waals surface area (Å²) in [7, 11) is 2.64. The molecule has 126 valence electrons. The molecule has 1 unspecified atom stereocenters. The molecule has 0 bridgehead atoms. The van der Waals surface area contributed by atoms with Gasteiger partial charge in [-0.15, -0.1) is 0 Å². The molecule has 1 aromatic rings. The van der Waals surface area contributed by atoms with Crippen molar-refractivity contribution in [3.63, 3.8) is 0 Å². The molecule has 0 radical (unpaired) electrons. The van der Waals surface area contributed by atoms with Gasteiger partial charge in [0.05, 0.1) is 14.2 Å². The number of benzene rings is 1. The first-order chi connectivity index (χ1) is 10.5. The number of ether oxygens (including phenoxy) is 2. The molecule has 1 aromatic carbocycles. The molecule has 22 heavy (non-hydrogen) atoms. The highest BCUT2D eigenvalue weighted by Gasteiger charge is 2.36. The van der Waals surface area contributed by atoms with Crippen LogP contribution in [0, 0.1) is 0 Å². The minimum absolute atomic E-state index is 0.148. The van der Waals surface area contributed by atoms with E-state index in [9.17, 15) is 13.2 Å². The van der Waals surface area contributed by atoms with E-state index in [0.29, 0.717) is 0 Å². The average Bonchev–Trinajstić information content (AvgIpc) is 2.55. The summed E-state index contributed by atoms with van der Waals surface area (Å²) < 4.78 is 49.0. The maximum atomic E-state index is 13.0. The predicted molar refractivity (Wildman–Crippen MR) is 80.7 cm³/mol. The van der Waals surface area contributed by atoms with Crippen LogP contribution in [0.5, 0.6) is 11.5 Å². The van der Waals surface area contributed by atoms with E-state index in [1.165, 1.54) is 20.3 Å². The Morgan fingerprint density at radius 2 is 1.73 bits per heavy atom. The normalized spacial score (nSPS) is 18.2. The van der Waals surface area contributed by atoms with E-state index in [4.69, 9.17) is 9.47 Å². The minimum atomic E-state index is -4.46. The fraction of sp³-hybridized carbons (Fsp3) is 0.625. The fourth-order valence-electron chi connectivity index (χ4n) is 2.58. The molecule has 3 nitrogen and oxygen atoms in total. The van der Waals surface area contributed by atoms with Crippen molar-refractivity contribution < 1.29 is 22.6 Å². The average molecular weight is 319 g/mol. The molecule has 1 N–H and O–H groups in total. The van der Waals surface area contributed by atoms with Crippen molar-refractivity contribution in [3.8, 4) is 11.5 Å². The van der Waals surface area contributed by atoms with Crippen molar-refractivity contribution in [2.45, 2.75) is 38.8 Å². The summed E-state index contributed by atoms with van der Waals surface area (Å²) in [5.41, 5.74) is -0.0334. The summed E-state index contributed by atoms with van der Waals surface area (Å²) in [6.07, 6.45) is -2.53. The van der Waals surface area contributed by atoms with Crippen molar-refractivity contribution in [1.82, 2.24) is 5.32 Å². The summed E-state index contributed by atoms with van der Waals surface area (Å²) in [6, 6.07) is 2.49. The zero-order valence-electron chi connectivity index (χ0n) is 13.5. The minimum Gasteiger partial charge on any atom is -0.496 e. The van der Waals surface area contributed by atoms with Gasteiger partial charge < -0.3 is 14.8 Å². The topological polar surface area (TPSA) is 30.5 Å². The Morgan fingerprint density at radius 1 is 1.09 bits per heavy atom. The molecule has 1 atom stereocenters. The Kier molecular flexibility index (Phi) is 7.00. The first kappa shape index (κ1) is 18.6. The van der Waals surface area contributed by atoms with E-state index in [1.54, 1.807) is 0 Å². The summed E-state index contributed by atoms with van der Waals surface area (Å²) in [6.45, 7) is 5.68. The van der Waals surface area contributed by atoms with Gasteiger partial charge in [-0.1, -0.05) is 13.8 Å². The highest BCUT2D eigenvalue weighted by molar-refractivity contribution is 5.49. The molecular weight excluding hydrogens is 295 g/mol. The first-order valence-corrected chi connectivity index (χ1v) is 7.51. The smallest absolute Gasteiger partial charge is 0.420 e. The quantitative estimate of drug-likeness (QED) is 0.905. The number of hydrogen-bond donors (Lipinski definition) is 1. The van der Waals surface area contributed by atoms with Crippen molar-refractivity contribution in [1.29, 1.82) is 0 Å². The van der Waals surface area contributed by atoms with E-state index < -0.39 is 11.7 Å². The molecule has 6 heteroatoms. The molecule has 1 heterocycles. The second kappa shape index (κ2) is 8.27. The monoisotopic (exact) mass is 319 g/mol. The lowest BCUT2D eigenvalue weighted by molar-refractivity contribution is -0.138. The SMILES string of the molecule is CC.COc1cc(C(F)(F)F)c(OC)cc1C1CCCNC1. The van der Waals surface area contributed by atoms with Gasteiger partial charge in [-0.05, 0) is 31.5 Å². The van der Waals surface area contributed by atoms with Crippen LogP contribution in [-0.2, 0) is 6.18 Å². The number of rotatable bonds is 3. The lowest BCUT2D eigenvalue weighted by atomic mass is 9.90. The molecule has 0 saturated carbocycles. The summed E-state index contributed by atoms with van der Waals surface area (Å²) >= 11 is 0. The van der Waals surface area contributed by atoms with Crippen molar-refractivity contribution in [3.05, 3.63) is 23.3 Å². The maximum Gasteiger partial charge on any atom is 0.420 e. The fourth-order valence-corrected chi connectivity index (χ4v) is 2.58. The number of hydrogen-bond acceptors (Lipinski definition) is 3. The molecule has 1 fully saturated rings. The van der Waals surface area contributed by atoms with E-state index >= 15 is 0 Å². The van der Waals surface area contributed by atoms with Crippen LogP contribution in [0.25, 0.3) is 0 Å². The van der Waals surface area contributed by atoms with Crippen molar-refractivity contribution in [2.75, 3.05) is 27.3 Å². The summed E-state index contributed by atoms with van der Waals surface area (Å²) in [5.74, 6) is 0.264. The van der Waals surface area contributed by atoms with Gasteiger partial charge in [-0.3, -0.25) is 0 Å². The number of alkyl halides is 3. The van der Waals surface area contributed by atoms with Crippen molar-refractivity contribution in [2.24, 2.45) is 0 Å². The van der Waals surface area contributed by atoms with Gasteiger partial charge in [-0.2, -0.15) is 13.2 Å². The van der Waals surface area contributed by atoms with Crippen LogP contribution in [0.3, 0.4) is 0 Å². The molecule has 0 aliphatic carbocycles. The van der Waals surface area contributed by atoms with Crippen LogP contribution in [0.15, 0.2) is 12.1 Å². The second-order valence-electron chi connectivity index (χ2n) is 4.84. The third-order valence-electron chi connectivity index (χ3n) is 3.59. The van der Waals surface area contributed by atoms with Gasteiger partial charge in [0.2, 0.25) is 0 Å². The van der Waals surface area contributed by atoms with Gasteiger partial charge in [-0.25, -0.2) is 0 Å². The van der Waals surface area contributed by atoms with Gasteiger partial charge in [0, 0.05) is 18.0 Å². The third-order valence-corrected chi connectivity index (χ3v) is 3.59. The Bertz CT molecular complexity index is 469. The third kappa shape index (κ3) is 4.29. The zero-order chi connectivity index (χ0) is 16.8. The molecule has 1 aliphatic rings. The Labute approximate surface area is 129 Å². The van der Waals surface area contributed by atoms with Gasteiger partial charge in [0.15, 0.2) is 0 Å². The maximum absolute atomic E-state index is 13.0. The Balaban J connectivity index is 0.00000116. The van der Waals surface area contributed by atoms with Crippen LogP contribution < -0.4 is 14.8 Å². The molecular formula is C16H24F3NO2. The van der Waals surface area contributed by atoms with E-state index in [2.05, 4.69) is 5.32 Å². The molecule has 1 aliphatic heterocycles. The van der Waals surface area contributed by atoms with E-state index in [1.807, 2.05) is 13.8 Å². The molecule has 2 rings (SSSR count). The number of halogens is 3. The van der Waals surface area contributed by atoms with Crippen LogP contribution in [-0.4, -0.2) is 27.3 Å². The molecule has 1 saturated heterocycles. The second-order valence-corrected chi connectivity index (χ2v) is 4.84. The zero-order valence-corrected chi connectivity index (χ0v) is 13.5. The Hall–Kier alpha value is -1.43. The summed E-state index contributed by atoms with van der Waals surface area (Å²) in [4.78, 5) is 0. The van der Waals surface area contributed by atoms with Crippen molar-refractivity contribution >= 4 is 0 Å². The summed E-state index contributed by atoms with van der Waals surface area (Å²) in [5, 5.41) is 3.25. The standard InChI is InChI=1S/C14H18F3NO2.C2H6/c1-19-12-7-11(14(15,16)17)13(20-2)6-10(12)9-4-3-5-18-8-9;1-2/h6-7,9,18H,3-5,8H2,1-2H3;1-2H3. The van der Waals surface area contributed by atoms with Crippen LogP contribution in [0.2, 0.25) is 0 Å². The van der Waals surface area contributed by atoms with Crippen LogP contribution in [0.4, 0.5) is 13.2 Å². The largest absolute Gasteiger partial charge is 0.496 e. The number of methoxy groups -OCH3 is 2. The number of nitrogens with one attached hydrogen (secondary N) is 1. The van der Waals surface area contributed by atoms with Gasteiger partial charge in [0.25, 0.3) is 0 Å². The lowest BCUT2D eigenvalue weighted by Gasteiger charge is -2.26. The highest BCUT2D eigenvalue weighted by atomic mass is 19.4. The van der Waals surface area contributed by atoms with E-state index in [0.717, 1.165) is 37.6 Å². The van der Waals surface area contributed by atoms with Crippen LogP contribution in [0.1, 0.15) is 43.7 Å². The first-order valence-electron chi connectivity index (χ1n) is 7.51. The Morgan fingerprint density at radius 3 is 2.18 bits per heavy atom. The van der Waals surface area contributed by atoms with Crippen LogP contribution >= 0.6 is 0 Å². The van der Waals surface area contributed by atoms with Gasteiger partial charge in [0.1, 0.15) is 17.1 Å². The van der Waals surface area contributed by atoms with E-state index in [-0.39, 0.29) is 17.4 Å². The number of piperidine rings is 1. The van der Waals surface area contributed by atoms with Gasteiger partial charge >= 0.3 is 6.18 Å². The molecule has 0 amide bonds. The molecule has 0 spiro atoms. The molecule has 0 aromatic heterocycles. The highest BCUT2D eigenvalue weighted by Crippen LogP contribution is 2.42. The predicted octanol–water partition coefficient (Wildman–Crippen LogP) is 4.22. The lowest BCUT2D eigenvalue weighted by Crippen LogP contribution is -2.28.